The van der Waals surface area contributed by atoms with Crippen molar-refractivity contribution in [2.45, 2.75) is 5.03 Å². The molecule has 0 unspecified atom stereocenters. The Bertz CT molecular complexity index is 514. The summed E-state index contributed by atoms with van der Waals surface area (Å²) in [6.07, 6.45) is 8.93. The smallest absolute Gasteiger partial charge is 0.117 e. The number of rotatable bonds is 1. The molecule has 0 fully saturated rings. The van der Waals surface area contributed by atoms with Crippen LogP contribution in [0, 0.1) is 12.3 Å². The first-order valence-electron chi connectivity index (χ1n) is 4.11. The zero-order valence-electron chi connectivity index (χ0n) is 7.69. The lowest BCUT2D eigenvalue weighted by atomic mass is 10.1. The van der Waals surface area contributed by atoms with E-state index in [2.05, 4.69) is 15.9 Å². The van der Waals surface area contributed by atoms with Gasteiger partial charge in [0.15, 0.2) is 0 Å². The van der Waals surface area contributed by atoms with Crippen molar-refractivity contribution < 1.29 is 0 Å². The second-order valence-electron chi connectivity index (χ2n) is 2.73. The van der Waals surface area contributed by atoms with E-state index in [1.54, 1.807) is 18.1 Å². The average molecular weight is 200 g/mol. The monoisotopic (exact) mass is 200 g/mol. The van der Waals surface area contributed by atoms with Crippen LogP contribution in [0.1, 0.15) is 5.56 Å². The lowest BCUT2D eigenvalue weighted by Crippen LogP contribution is -1.88. The number of hydrogen-bond acceptors (Lipinski definition) is 3. The summed E-state index contributed by atoms with van der Waals surface area (Å²) in [4.78, 5) is 8.38. The molecular formula is C11H8N2S. The zero-order chi connectivity index (χ0) is 9.97. The van der Waals surface area contributed by atoms with Crippen molar-refractivity contribution in [1.82, 2.24) is 9.97 Å². The fourth-order valence-corrected chi connectivity index (χ4v) is 1.88. The van der Waals surface area contributed by atoms with Crippen molar-refractivity contribution in [3.63, 3.8) is 0 Å². The van der Waals surface area contributed by atoms with Gasteiger partial charge in [0.25, 0.3) is 0 Å². The van der Waals surface area contributed by atoms with Gasteiger partial charge in [-0.25, -0.2) is 9.97 Å². The van der Waals surface area contributed by atoms with Crippen molar-refractivity contribution in [2.24, 2.45) is 0 Å². The van der Waals surface area contributed by atoms with Gasteiger partial charge < -0.3 is 0 Å². The van der Waals surface area contributed by atoms with Gasteiger partial charge in [-0.3, -0.25) is 0 Å². The minimum Gasteiger partial charge on any atom is -0.235 e. The molecular weight excluding hydrogens is 192 g/mol. The predicted octanol–water partition coefficient (Wildman–Crippen LogP) is 2.33. The van der Waals surface area contributed by atoms with Gasteiger partial charge in [0.05, 0.1) is 11.1 Å². The standard InChI is InChI=1S/C11H8N2S/c1-3-8-5-4-6-9-10(8)12-7-13-11(9)14-2/h1,4-7H,2H3. The Morgan fingerprint density at radius 3 is 2.93 bits per heavy atom. The third kappa shape index (κ3) is 1.34. The number of benzene rings is 1. The molecule has 0 bridgehead atoms. The summed E-state index contributed by atoms with van der Waals surface area (Å²) in [7, 11) is 0. The van der Waals surface area contributed by atoms with Crippen LogP contribution >= 0.6 is 11.8 Å². The number of hydrogen-bond donors (Lipinski definition) is 0. The second kappa shape index (κ2) is 3.69. The van der Waals surface area contributed by atoms with Gasteiger partial charge in [0.2, 0.25) is 0 Å². The van der Waals surface area contributed by atoms with Gasteiger partial charge in [-0.05, 0) is 18.4 Å². The van der Waals surface area contributed by atoms with Crippen molar-refractivity contribution in [2.75, 3.05) is 6.26 Å². The van der Waals surface area contributed by atoms with E-state index in [0.29, 0.717) is 0 Å². The van der Waals surface area contributed by atoms with E-state index in [4.69, 9.17) is 6.42 Å². The molecule has 1 aromatic carbocycles. The lowest BCUT2D eigenvalue weighted by Gasteiger charge is -2.02. The van der Waals surface area contributed by atoms with E-state index in [9.17, 15) is 0 Å². The van der Waals surface area contributed by atoms with E-state index >= 15 is 0 Å². The molecule has 68 valence electrons. The summed E-state index contributed by atoms with van der Waals surface area (Å²) in [6.45, 7) is 0. The number of aromatic nitrogens is 2. The summed E-state index contributed by atoms with van der Waals surface area (Å²) >= 11 is 1.60. The Labute approximate surface area is 86.8 Å². The maximum atomic E-state index is 5.39. The Balaban J connectivity index is 2.86. The summed E-state index contributed by atoms with van der Waals surface area (Å²) in [5.41, 5.74) is 1.68. The molecule has 0 amide bonds. The van der Waals surface area contributed by atoms with E-state index in [1.807, 2.05) is 24.5 Å². The van der Waals surface area contributed by atoms with E-state index < -0.39 is 0 Å². The molecule has 2 aromatic rings. The molecule has 0 aliphatic rings. The van der Waals surface area contributed by atoms with Crippen LogP contribution in [-0.4, -0.2) is 16.2 Å². The highest BCUT2D eigenvalue weighted by atomic mass is 32.2. The number of para-hydroxylation sites is 1. The Morgan fingerprint density at radius 2 is 2.21 bits per heavy atom. The van der Waals surface area contributed by atoms with Crippen LogP contribution in [0.15, 0.2) is 29.6 Å². The molecule has 0 aliphatic carbocycles. The quantitative estimate of drug-likeness (QED) is 0.401. The molecule has 2 nitrogen and oxygen atoms in total. The van der Waals surface area contributed by atoms with Gasteiger partial charge in [0.1, 0.15) is 11.4 Å². The van der Waals surface area contributed by atoms with Crippen LogP contribution in [0.25, 0.3) is 10.9 Å². The van der Waals surface area contributed by atoms with Gasteiger partial charge in [-0.15, -0.1) is 18.2 Å². The Kier molecular flexibility index (Phi) is 2.38. The number of terminal acetylenes is 1. The zero-order valence-corrected chi connectivity index (χ0v) is 8.51. The summed E-state index contributed by atoms with van der Waals surface area (Å²) < 4.78 is 0. The highest BCUT2D eigenvalue weighted by molar-refractivity contribution is 7.98. The number of nitrogens with zero attached hydrogens (tertiary/aromatic N) is 2. The predicted molar refractivity (Wildman–Crippen MR) is 59.3 cm³/mol. The number of thioether (sulfide) groups is 1. The molecule has 1 heterocycles. The van der Waals surface area contributed by atoms with Gasteiger partial charge >= 0.3 is 0 Å². The van der Waals surface area contributed by atoms with Gasteiger partial charge in [-0.2, -0.15) is 0 Å². The second-order valence-corrected chi connectivity index (χ2v) is 3.52. The third-order valence-electron chi connectivity index (χ3n) is 1.98. The van der Waals surface area contributed by atoms with Crippen LogP contribution in [0.4, 0.5) is 0 Å². The molecule has 0 spiro atoms. The summed E-state index contributed by atoms with van der Waals surface area (Å²) in [6, 6.07) is 5.81. The molecule has 1 aromatic heterocycles. The lowest BCUT2D eigenvalue weighted by molar-refractivity contribution is 1.10. The first kappa shape index (κ1) is 9.04. The van der Waals surface area contributed by atoms with E-state index in [0.717, 1.165) is 21.5 Å². The third-order valence-corrected chi connectivity index (χ3v) is 2.69. The fraction of sp³-hybridized carbons (Fsp3) is 0.0909. The van der Waals surface area contributed by atoms with Crippen molar-refractivity contribution >= 4 is 22.7 Å². The SMILES string of the molecule is C#Cc1cccc2c(SC)ncnc12. The maximum Gasteiger partial charge on any atom is 0.117 e. The Morgan fingerprint density at radius 1 is 1.36 bits per heavy atom. The molecule has 3 heteroatoms. The molecule has 0 saturated heterocycles. The molecule has 14 heavy (non-hydrogen) atoms. The van der Waals surface area contributed by atoms with Crippen LogP contribution in [0.2, 0.25) is 0 Å². The van der Waals surface area contributed by atoms with Gasteiger partial charge in [-0.1, -0.05) is 12.0 Å². The summed E-state index contributed by atoms with van der Waals surface area (Å²) in [5, 5.41) is 1.99. The van der Waals surface area contributed by atoms with Crippen LogP contribution in [0.5, 0.6) is 0 Å². The molecule has 0 radical (unpaired) electrons. The molecule has 2 rings (SSSR count). The van der Waals surface area contributed by atoms with Gasteiger partial charge in [0, 0.05) is 5.39 Å². The minimum absolute atomic E-state index is 0.820. The van der Waals surface area contributed by atoms with E-state index in [1.165, 1.54) is 0 Å². The summed E-state index contributed by atoms with van der Waals surface area (Å²) in [5.74, 6) is 2.62. The van der Waals surface area contributed by atoms with Crippen LogP contribution in [0.3, 0.4) is 0 Å². The molecule has 0 saturated carbocycles. The highest BCUT2D eigenvalue weighted by Gasteiger charge is 2.04. The van der Waals surface area contributed by atoms with Crippen LogP contribution in [-0.2, 0) is 0 Å². The first-order valence-corrected chi connectivity index (χ1v) is 5.33. The number of fused-ring (bicyclic) bond motifs is 1. The fourth-order valence-electron chi connectivity index (χ4n) is 1.34. The van der Waals surface area contributed by atoms with E-state index in [-0.39, 0.29) is 0 Å². The average Bonchev–Trinajstić information content (AvgIpc) is 2.27. The highest BCUT2D eigenvalue weighted by Crippen LogP contribution is 2.23. The first-order chi connectivity index (χ1) is 6.86. The Hall–Kier alpha value is -1.53. The minimum atomic E-state index is 0.820. The van der Waals surface area contributed by atoms with Crippen molar-refractivity contribution in [1.29, 1.82) is 0 Å². The normalized spacial score (nSPS) is 10.0. The largest absolute Gasteiger partial charge is 0.235 e. The molecule has 0 aliphatic heterocycles. The molecule has 0 N–H and O–H groups in total. The topological polar surface area (TPSA) is 25.8 Å². The molecule has 0 atom stereocenters. The van der Waals surface area contributed by atoms with Crippen molar-refractivity contribution in [3.05, 3.63) is 30.1 Å². The van der Waals surface area contributed by atoms with Crippen molar-refractivity contribution in [3.8, 4) is 12.3 Å². The maximum absolute atomic E-state index is 5.39. The van der Waals surface area contributed by atoms with Crippen LogP contribution < -0.4 is 0 Å².